The van der Waals surface area contributed by atoms with Crippen LogP contribution in [-0.2, 0) is 6.42 Å². The molecule has 0 saturated heterocycles. The third-order valence-corrected chi connectivity index (χ3v) is 3.36. The Hall–Kier alpha value is -1.74. The average molecular weight is 278 g/mol. The van der Waals surface area contributed by atoms with Crippen LogP contribution >= 0.6 is 11.6 Å². The second kappa shape index (κ2) is 5.10. The molecule has 0 fully saturated rings. The van der Waals surface area contributed by atoms with Gasteiger partial charge in [-0.15, -0.1) is 0 Å². The maximum Gasteiger partial charge on any atom is 0.125 e. The number of fused-ring (bicyclic) bond motifs is 1. The summed E-state index contributed by atoms with van der Waals surface area (Å²) in [4.78, 5) is 0. The number of nitrogens with one attached hydrogen (secondary N) is 1. The van der Waals surface area contributed by atoms with Crippen LogP contribution in [0.1, 0.15) is 5.56 Å². The van der Waals surface area contributed by atoms with E-state index < -0.39 is 0 Å². The number of hydrogen-bond donors (Lipinski definition) is 1. The summed E-state index contributed by atoms with van der Waals surface area (Å²) in [6.07, 6.45) is 0.870. The first-order valence-corrected chi connectivity index (χ1v) is 6.53. The lowest BCUT2D eigenvalue weighted by Gasteiger charge is -2.12. The van der Waals surface area contributed by atoms with Crippen LogP contribution in [0.3, 0.4) is 0 Å². The van der Waals surface area contributed by atoms with Crippen molar-refractivity contribution in [1.29, 1.82) is 0 Å². The van der Waals surface area contributed by atoms with E-state index in [0.717, 1.165) is 28.4 Å². The smallest absolute Gasteiger partial charge is 0.125 e. The number of anilines is 1. The Bertz CT molecular complexity index is 602. The van der Waals surface area contributed by atoms with Crippen LogP contribution in [0.25, 0.3) is 0 Å². The first-order chi connectivity index (χ1) is 9.20. The molecule has 1 N–H and O–H groups in total. The summed E-state index contributed by atoms with van der Waals surface area (Å²) in [5, 5.41) is 3.90. The SMILES string of the molecule is Fc1cccc(NCC2Cc3cc(Cl)ccc3O2)c1. The highest BCUT2D eigenvalue weighted by atomic mass is 35.5. The highest BCUT2D eigenvalue weighted by molar-refractivity contribution is 6.30. The number of benzene rings is 2. The molecule has 0 spiro atoms. The van der Waals surface area contributed by atoms with E-state index in [1.54, 1.807) is 6.07 Å². The molecule has 4 heteroatoms. The zero-order valence-electron chi connectivity index (χ0n) is 10.2. The second-order valence-electron chi connectivity index (χ2n) is 4.59. The van der Waals surface area contributed by atoms with E-state index in [-0.39, 0.29) is 11.9 Å². The summed E-state index contributed by atoms with van der Waals surface area (Å²) in [7, 11) is 0. The van der Waals surface area contributed by atoms with Crippen molar-refractivity contribution in [2.75, 3.05) is 11.9 Å². The van der Waals surface area contributed by atoms with Crippen LogP contribution in [0.15, 0.2) is 42.5 Å². The summed E-state index contributed by atoms with van der Waals surface area (Å²) >= 11 is 5.95. The summed E-state index contributed by atoms with van der Waals surface area (Å²) in [6, 6.07) is 12.1. The van der Waals surface area contributed by atoms with Crippen LogP contribution in [0.5, 0.6) is 5.75 Å². The van der Waals surface area contributed by atoms with E-state index in [9.17, 15) is 4.39 Å². The monoisotopic (exact) mass is 277 g/mol. The number of rotatable bonds is 3. The molecule has 1 atom stereocenters. The molecule has 1 heterocycles. The van der Waals surface area contributed by atoms with Crippen molar-refractivity contribution in [2.24, 2.45) is 0 Å². The Balaban J connectivity index is 1.62. The maximum absolute atomic E-state index is 13.0. The van der Waals surface area contributed by atoms with Gasteiger partial charge in [-0.1, -0.05) is 17.7 Å². The lowest BCUT2D eigenvalue weighted by molar-refractivity contribution is 0.246. The van der Waals surface area contributed by atoms with Crippen molar-refractivity contribution in [3.63, 3.8) is 0 Å². The van der Waals surface area contributed by atoms with Crippen molar-refractivity contribution in [3.8, 4) is 5.75 Å². The predicted octanol–water partition coefficient (Wildman–Crippen LogP) is 3.89. The van der Waals surface area contributed by atoms with Crippen LogP contribution in [-0.4, -0.2) is 12.6 Å². The van der Waals surface area contributed by atoms with E-state index in [1.807, 2.05) is 24.3 Å². The molecule has 1 aliphatic rings. The molecule has 2 aromatic rings. The van der Waals surface area contributed by atoms with Gasteiger partial charge in [0.15, 0.2) is 0 Å². The average Bonchev–Trinajstić information content (AvgIpc) is 2.78. The van der Waals surface area contributed by atoms with Gasteiger partial charge in [0.05, 0.1) is 6.54 Å². The normalized spacial score (nSPS) is 16.8. The minimum absolute atomic E-state index is 0.0525. The highest BCUT2D eigenvalue weighted by Crippen LogP contribution is 2.31. The molecule has 1 unspecified atom stereocenters. The summed E-state index contributed by atoms with van der Waals surface area (Å²) in [5.74, 6) is 0.642. The number of ether oxygens (including phenoxy) is 1. The molecule has 0 aromatic heterocycles. The fourth-order valence-corrected chi connectivity index (χ4v) is 2.43. The Morgan fingerprint density at radius 3 is 3.00 bits per heavy atom. The third kappa shape index (κ3) is 2.82. The van der Waals surface area contributed by atoms with Gasteiger partial charge in [-0.05, 0) is 42.0 Å². The molecule has 0 amide bonds. The third-order valence-electron chi connectivity index (χ3n) is 3.12. The molecule has 1 aliphatic heterocycles. The van der Waals surface area contributed by atoms with Gasteiger partial charge in [0.2, 0.25) is 0 Å². The van der Waals surface area contributed by atoms with E-state index in [2.05, 4.69) is 5.32 Å². The van der Waals surface area contributed by atoms with Crippen molar-refractivity contribution < 1.29 is 9.13 Å². The zero-order valence-corrected chi connectivity index (χ0v) is 11.0. The van der Waals surface area contributed by atoms with Gasteiger partial charge in [-0.25, -0.2) is 4.39 Å². The topological polar surface area (TPSA) is 21.3 Å². The molecule has 0 radical (unpaired) electrons. The first kappa shape index (κ1) is 12.3. The minimum Gasteiger partial charge on any atom is -0.488 e. The molecular weight excluding hydrogens is 265 g/mol. The number of hydrogen-bond acceptors (Lipinski definition) is 2. The van der Waals surface area contributed by atoms with Crippen LogP contribution < -0.4 is 10.1 Å². The standard InChI is InChI=1S/C15H13ClFNO/c16-11-4-5-15-10(6-11)7-14(19-15)9-18-13-3-1-2-12(17)8-13/h1-6,8,14,18H,7,9H2. The number of halogens is 2. The zero-order chi connectivity index (χ0) is 13.2. The van der Waals surface area contributed by atoms with Crippen LogP contribution in [0.4, 0.5) is 10.1 Å². The van der Waals surface area contributed by atoms with E-state index in [0.29, 0.717) is 6.54 Å². The molecule has 2 nitrogen and oxygen atoms in total. The van der Waals surface area contributed by atoms with E-state index in [1.165, 1.54) is 12.1 Å². The second-order valence-corrected chi connectivity index (χ2v) is 5.02. The largest absolute Gasteiger partial charge is 0.488 e. The molecule has 3 rings (SSSR count). The van der Waals surface area contributed by atoms with Gasteiger partial charge >= 0.3 is 0 Å². The van der Waals surface area contributed by atoms with Gasteiger partial charge < -0.3 is 10.1 Å². The molecule has 19 heavy (non-hydrogen) atoms. The Morgan fingerprint density at radius 2 is 2.16 bits per heavy atom. The lowest BCUT2D eigenvalue weighted by atomic mass is 10.1. The fourth-order valence-electron chi connectivity index (χ4n) is 2.23. The Kier molecular flexibility index (Phi) is 3.30. The van der Waals surface area contributed by atoms with Crippen molar-refractivity contribution in [2.45, 2.75) is 12.5 Å². The lowest BCUT2D eigenvalue weighted by Crippen LogP contribution is -2.23. The van der Waals surface area contributed by atoms with Gasteiger partial charge in [-0.3, -0.25) is 0 Å². The molecule has 2 aromatic carbocycles. The van der Waals surface area contributed by atoms with Crippen molar-refractivity contribution >= 4 is 17.3 Å². The molecular formula is C15H13ClFNO. The molecule has 0 bridgehead atoms. The van der Waals surface area contributed by atoms with Gasteiger partial charge in [0.1, 0.15) is 17.7 Å². The Morgan fingerprint density at radius 1 is 1.26 bits per heavy atom. The van der Waals surface area contributed by atoms with Gasteiger partial charge in [0.25, 0.3) is 0 Å². The Labute approximate surface area is 116 Å². The predicted molar refractivity (Wildman–Crippen MR) is 74.5 cm³/mol. The molecule has 98 valence electrons. The van der Waals surface area contributed by atoms with Crippen LogP contribution in [0, 0.1) is 5.82 Å². The highest BCUT2D eigenvalue weighted by Gasteiger charge is 2.22. The van der Waals surface area contributed by atoms with E-state index in [4.69, 9.17) is 16.3 Å². The minimum atomic E-state index is -0.243. The van der Waals surface area contributed by atoms with E-state index >= 15 is 0 Å². The summed E-state index contributed by atoms with van der Waals surface area (Å²) in [5.41, 5.74) is 1.89. The molecule has 0 aliphatic carbocycles. The summed E-state index contributed by atoms with van der Waals surface area (Å²) in [6.45, 7) is 0.635. The van der Waals surface area contributed by atoms with Gasteiger partial charge in [0, 0.05) is 17.1 Å². The first-order valence-electron chi connectivity index (χ1n) is 6.15. The quantitative estimate of drug-likeness (QED) is 0.919. The van der Waals surface area contributed by atoms with Gasteiger partial charge in [-0.2, -0.15) is 0 Å². The summed E-state index contributed by atoms with van der Waals surface area (Å²) < 4.78 is 18.8. The maximum atomic E-state index is 13.0. The molecule has 0 saturated carbocycles. The van der Waals surface area contributed by atoms with Crippen molar-refractivity contribution in [3.05, 3.63) is 58.9 Å². The fraction of sp³-hybridized carbons (Fsp3) is 0.200. The van der Waals surface area contributed by atoms with Crippen molar-refractivity contribution in [1.82, 2.24) is 0 Å². The van der Waals surface area contributed by atoms with Crippen LogP contribution in [0.2, 0.25) is 5.02 Å².